The zero-order valence-corrected chi connectivity index (χ0v) is 8.57. The van der Waals surface area contributed by atoms with Gasteiger partial charge < -0.3 is 20.3 Å². The SMILES string of the molecule is COc1cc(N)c(C(C)O)cc1OC. The fraction of sp³-hybridized carbons (Fsp3) is 0.400. The van der Waals surface area contributed by atoms with Gasteiger partial charge in [0.25, 0.3) is 0 Å². The predicted octanol–water partition coefficient (Wildman–Crippen LogP) is 1.34. The molecule has 0 aromatic heterocycles. The Hall–Kier alpha value is -1.42. The van der Waals surface area contributed by atoms with E-state index in [1.165, 1.54) is 0 Å². The zero-order chi connectivity index (χ0) is 10.7. The molecule has 3 N–H and O–H groups in total. The summed E-state index contributed by atoms with van der Waals surface area (Å²) >= 11 is 0. The van der Waals surface area contributed by atoms with Gasteiger partial charge in [-0.25, -0.2) is 0 Å². The van der Waals surface area contributed by atoms with Crippen molar-refractivity contribution in [3.8, 4) is 11.5 Å². The van der Waals surface area contributed by atoms with Gasteiger partial charge in [-0.3, -0.25) is 0 Å². The Morgan fingerprint density at radius 3 is 2.14 bits per heavy atom. The molecule has 0 heterocycles. The van der Waals surface area contributed by atoms with Crippen LogP contribution in [0.5, 0.6) is 11.5 Å². The van der Waals surface area contributed by atoms with E-state index in [0.717, 1.165) is 0 Å². The van der Waals surface area contributed by atoms with Crippen LogP contribution in [-0.4, -0.2) is 19.3 Å². The van der Waals surface area contributed by atoms with E-state index in [1.54, 1.807) is 33.3 Å². The molecule has 4 heteroatoms. The molecule has 1 atom stereocenters. The molecule has 1 unspecified atom stereocenters. The van der Waals surface area contributed by atoms with Crippen molar-refractivity contribution < 1.29 is 14.6 Å². The van der Waals surface area contributed by atoms with Crippen LogP contribution in [0, 0.1) is 0 Å². The molecule has 0 bridgehead atoms. The number of aliphatic hydroxyl groups excluding tert-OH is 1. The highest BCUT2D eigenvalue weighted by atomic mass is 16.5. The molecule has 0 saturated carbocycles. The van der Waals surface area contributed by atoms with Crippen molar-refractivity contribution in [2.45, 2.75) is 13.0 Å². The molecular weight excluding hydrogens is 182 g/mol. The third kappa shape index (κ3) is 1.90. The maximum Gasteiger partial charge on any atom is 0.162 e. The number of hydrogen-bond acceptors (Lipinski definition) is 4. The Morgan fingerprint density at radius 2 is 1.71 bits per heavy atom. The summed E-state index contributed by atoms with van der Waals surface area (Å²) in [4.78, 5) is 0. The molecule has 1 rings (SSSR count). The first-order chi connectivity index (χ1) is 6.60. The molecular formula is C10H15NO3. The second-order valence-electron chi connectivity index (χ2n) is 3.01. The fourth-order valence-electron chi connectivity index (χ4n) is 1.27. The van der Waals surface area contributed by atoms with Gasteiger partial charge in [0.05, 0.1) is 20.3 Å². The number of nitrogen functional groups attached to an aromatic ring is 1. The first-order valence-corrected chi connectivity index (χ1v) is 4.29. The molecule has 0 amide bonds. The van der Waals surface area contributed by atoms with Crippen molar-refractivity contribution in [1.82, 2.24) is 0 Å². The number of nitrogens with two attached hydrogens (primary N) is 1. The third-order valence-corrected chi connectivity index (χ3v) is 2.04. The van der Waals surface area contributed by atoms with Gasteiger partial charge in [-0.05, 0) is 13.0 Å². The minimum atomic E-state index is -0.616. The average molecular weight is 197 g/mol. The Balaban J connectivity index is 3.23. The topological polar surface area (TPSA) is 64.7 Å². The van der Waals surface area contributed by atoms with E-state index in [0.29, 0.717) is 22.7 Å². The molecule has 0 aliphatic carbocycles. The second-order valence-corrected chi connectivity index (χ2v) is 3.01. The normalized spacial score (nSPS) is 12.3. The van der Waals surface area contributed by atoms with Crippen molar-refractivity contribution in [2.24, 2.45) is 0 Å². The van der Waals surface area contributed by atoms with Crippen LogP contribution in [0.2, 0.25) is 0 Å². The van der Waals surface area contributed by atoms with Crippen LogP contribution in [0.25, 0.3) is 0 Å². The van der Waals surface area contributed by atoms with Crippen LogP contribution >= 0.6 is 0 Å². The lowest BCUT2D eigenvalue weighted by molar-refractivity contribution is 0.199. The number of ether oxygens (including phenoxy) is 2. The summed E-state index contributed by atoms with van der Waals surface area (Å²) < 4.78 is 10.2. The lowest BCUT2D eigenvalue weighted by atomic mass is 10.1. The summed E-state index contributed by atoms with van der Waals surface area (Å²) in [5, 5.41) is 9.41. The van der Waals surface area contributed by atoms with Gasteiger partial charge in [-0.1, -0.05) is 0 Å². The molecule has 14 heavy (non-hydrogen) atoms. The van der Waals surface area contributed by atoms with E-state index in [4.69, 9.17) is 15.2 Å². The van der Waals surface area contributed by atoms with Crippen molar-refractivity contribution in [1.29, 1.82) is 0 Å². The van der Waals surface area contributed by atoms with Gasteiger partial charge in [0, 0.05) is 17.3 Å². The van der Waals surface area contributed by atoms with E-state index < -0.39 is 6.10 Å². The highest BCUT2D eigenvalue weighted by molar-refractivity contribution is 5.58. The molecule has 0 aliphatic rings. The van der Waals surface area contributed by atoms with Gasteiger partial charge in [0.15, 0.2) is 11.5 Å². The summed E-state index contributed by atoms with van der Waals surface area (Å²) in [7, 11) is 3.08. The second kappa shape index (κ2) is 4.19. The highest BCUT2D eigenvalue weighted by Crippen LogP contribution is 2.34. The third-order valence-electron chi connectivity index (χ3n) is 2.04. The standard InChI is InChI=1S/C10H15NO3/c1-6(12)7-4-9(13-2)10(14-3)5-8(7)11/h4-6,12H,11H2,1-3H3. The van der Waals surface area contributed by atoms with E-state index in [1.807, 2.05) is 0 Å². The zero-order valence-electron chi connectivity index (χ0n) is 8.57. The van der Waals surface area contributed by atoms with Gasteiger partial charge >= 0.3 is 0 Å². The van der Waals surface area contributed by atoms with Gasteiger partial charge in [-0.2, -0.15) is 0 Å². The maximum atomic E-state index is 9.41. The van der Waals surface area contributed by atoms with Crippen molar-refractivity contribution in [3.63, 3.8) is 0 Å². The number of anilines is 1. The molecule has 0 fully saturated rings. The first-order valence-electron chi connectivity index (χ1n) is 4.29. The lowest BCUT2D eigenvalue weighted by Crippen LogP contribution is -2.01. The summed E-state index contributed by atoms with van der Waals surface area (Å²) in [6, 6.07) is 3.32. The van der Waals surface area contributed by atoms with Gasteiger partial charge in [0.2, 0.25) is 0 Å². The van der Waals surface area contributed by atoms with Crippen LogP contribution in [0.3, 0.4) is 0 Å². The summed E-state index contributed by atoms with van der Waals surface area (Å²) in [6.45, 7) is 1.65. The van der Waals surface area contributed by atoms with Gasteiger partial charge in [0.1, 0.15) is 0 Å². The molecule has 0 saturated heterocycles. The number of hydrogen-bond donors (Lipinski definition) is 2. The quantitative estimate of drug-likeness (QED) is 0.718. The summed E-state index contributed by atoms with van der Waals surface area (Å²) in [5.74, 6) is 1.13. The highest BCUT2D eigenvalue weighted by Gasteiger charge is 2.12. The average Bonchev–Trinajstić information content (AvgIpc) is 2.16. The largest absolute Gasteiger partial charge is 0.493 e. The molecule has 0 radical (unpaired) electrons. The smallest absolute Gasteiger partial charge is 0.162 e. The summed E-state index contributed by atoms with van der Waals surface area (Å²) in [6.07, 6.45) is -0.616. The van der Waals surface area contributed by atoms with Crippen LogP contribution in [-0.2, 0) is 0 Å². The Bertz CT molecular complexity index is 323. The number of rotatable bonds is 3. The Morgan fingerprint density at radius 1 is 1.21 bits per heavy atom. The predicted molar refractivity (Wildman–Crippen MR) is 54.6 cm³/mol. The molecule has 0 spiro atoms. The van der Waals surface area contributed by atoms with Gasteiger partial charge in [-0.15, -0.1) is 0 Å². The number of aliphatic hydroxyl groups is 1. The van der Waals surface area contributed by atoms with Crippen LogP contribution in [0.1, 0.15) is 18.6 Å². The Labute approximate surface area is 83.3 Å². The first kappa shape index (κ1) is 10.7. The molecule has 1 aromatic carbocycles. The Kier molecular flexibility index (Phi) is 3.19. The lowest BCUT2D eigenvalue weighted by Gasteiger charge is -2.13. The van der Waals surface area contributed by atoms with Crippen molar-refractivity contribution in [2.75, 3.05) is 20.0 Å². The fourth-order valence-corrected chi connectivity index (χ4v) is 1.27. The van der Waals surface area contributed by atoms with E-state index in [2.05, 4.69) is 0 Å². The van der Waals surface area contributed by atoms with Crippen LogP contribution in [0.15, 0.2) is 12.1 Å². The van der Waals surface area contributed by atoms with Crippen LogP contribution in [0.4, 0.5) is 5.69 Å². The molecule has 4 nitrogen and oxygen atoms in total. The van der Waals surface area contributed by atoms with E-state index >= 15 is 0 Å². The number of methoxy groups -OCH3 is 2. The van der Waals surface area contributed by atoms with Crippen molar-refractivity contribution >= 4 is 5.69 Å². The number of benzene rings is 1. The minimum absolute atomic E-state index is 0.498. The van der Waals surface area contributed by atoms with Crippen LogP contribution < -0.4 is 15.2 Å². The molecule has 0 aliphatic heterocycles. The maximum absolute atomic E-state index is 9.41. The van der Waals surface area contributed by atoms with E-state index in [-0.39, 0.29) is 0 Å². The monoisotopic (exact) mass is 197 g/mol. The molecule has 1 aromatic rings. The van der Waals surface area contributed by atoms with E-state index in [9.17, 15) is 5.11 Å². The van der Waals surface area contributed by atoms with Crippen molar-refractivity contribution in [3.05, 3.63) is 17.7 Å². The minimum Gasteiger partial charge on any atom is -0.493 e. The molecule has 78 valence electrons. The summed E-state index contributed by atoms with van der Waals surface area (Å²) in [5.41, 5.74) is 6.87.